The lowest BCUT2D eigenvalue weighted by Crippen LogP contribution is -2.20. The summed E-state index contributed by atoms with van der Waals surface area (Å²) < 4.78 is 5.21. The third kappa shape index (κ3) is 4.75. The molecule has 0 bridgehead atoms. The Bertz CT molecular complexity index is 1260. The molecule has 0 saturated heterocycles. The molecule has 2 N–H and O–H groups in total. The number of benzene rings is 4. The van der Waals surface area contributed by atoms with Gasteiger partial charge in [0.25, 0.3) is 0 Å². The van der Waals surface area contributed by atoms with E-state index in [0.29, 0.717) is 11.4 Å². The van der Waals surface area contributed by atoms with Gasteiger partial charge in [-0.3, -0.25) is 9.59 Å². The molecule has 160 valence electrons. The standard InChI is InChI=1S/C26H23N3O3/c1-32-24-13-7-6-12-23(24)28-25(30)14-15-26(31)29-27-17-22-20-10-4-2-8-18(20)16-19-9-3-5-11-21(19)22/h2-13,16-17H,14-15H2,1H3,(H,28,30)(H,29,31). The Morgan fingerprint density at radius 3 is 2.12 bits per heavy atom. The van der Waals surface area contributed by atoms with Gasteiger partial charge in [0.2, 0.25) is 11.8 Å². The van der Waals surface area contributed by atoms with E-state index in [-0.39, 0.29) is 24.7 Å². The van der Waals surface area contributed by atoms with Gasteiger partial charge in [0.05, 0.1) is 19.0 Å². The monoisotopic (exact) mass is 425 g/mol. The van der Waals surface area contributed by atoms with Crippen molar-refractivity contribution in [2.75, 3.05) is 12.4 Å². The van der Waals surface area contributed by atoms with Crippen molar-refractivity contribution in [3.05, 3.63) is 84.4 Å². The number of para-hydroxylation sites is 2. The Morgan fingerprint density at radius 2 is 1.44 bits per heavy atom. The van der Waals surface area contributed by atoms with Gasteiger partial charge in [0.1, 0.15) is 5.75 Å². The molecule has 0 aliphatic rings. The summed E-state index contributed by atoms with van der Waals surface area (Å²) in [5.41, 5.74) is 4.04. The number of hydrazone groups is 1. The number of amides is 2. The lowest BCUT2D eigenvalue weighted by molar-refractivity contribution is -0.124. The van der Waals surface area contributed by atoms with Crippen LogP contribution in [-0.4, -0.2) is 25.1 Å². The Balaban J connectivity index is 1.40. The molecule has 0 aromatic heterocycles. The van der Waals surface area contributed by atoms with Crippen LogP contribution in [0.5, 0.6) is 5.75 Å². The minimum absolute atomic E-state index is 0.0224. The van der Waals surface area contributed by atoms with E-state index >= 15 is 0 Å². The second-order valence-corrected chi connectivity index (χ2v) is 7.27. The van der Waals surface area contributed by atoms with Crippen LogP contribution in [0.3, 0.4) is 0 Å². The van der Waals surface area contributed by atoms with Crippen molar-refractivity contribution in [1.82, 2.24) is 5.43 Å². The van der Waals surface area contributed by atoms with Crippen molar-refractivity contribution in [2.45, 2.75) is 12.8 Å². The van der Waals surface area contributed by atoms with Crippen molar-refractivity contribution in [3.8, 4) is 5.75 Å². The molecular formula is C26H23N3O3. The van der Waals surface area contributed by atoms with E-state index in [1.54, 1.807) is 24.4 Å². The van der Waals surface area contributed by atoms with Crippen molar-refractivity contribution >= 4 is 45.3 Å². The Labute approximate surface area is 185 Å². The second kappa shape index (κ2) is 9.75. The van der Waals surface area contributed by atoms with Crippen LogP contribution in [0.4, 0.5) is 5.69 Å². The third-order valence-corrected chi connectivity index (χ3v) is 5.16. The fraction of sp³-hybridized carbons (Fsp3) is 0.115. The van der Waals surface area contributed by atoms with Gasteiger partial charge in [-0.05, 0) is 39.7 Å². The highest BCUT2D eigenvalue weighted by Gasteiger charge is 2.10. The molecule has 0 aliphatic carbocycles. The van der Waals surface area contributed by atoms with E-state index in [1.165, 1.54) is 7.11 Å². The molecule has 0 unspecified atom stereocenters. The van der Waals surface area contributed by atoms with Crippen LogP contribution >= 0.6 is 0 Å². The summed E-state index contributed by atoms with van der Waals surface area (Å²) >= 11 is 0. The average Bonchev–Trinajstić information content (AvgIpc) is 2.82. The molecule has 4 aromatic rings. The Kier molecular flexibility index (Phi) is 6.41. The maximum Gasteiger partial charge on any atom is 0.240 e. The number of nitrogens with one attached hydrogen (secondary N) is 2. The maximum atomic E-state index is 12.2. The van der Waals surface area contributed by atoms with Gasteiger partial charge in [-0.15, -0.1) is 0 Å². The first-order valence-electron chi connectivity index (χ1n) is 10.3. The van der Waals surface area contributed by atoms with Gasteiger partial charge in [-0.2, -0.15) is 5.10 Å². The fourth-order valence-corrected chi connectivity index (χ4v) is 3.60. The lowest BCUT2D eigenvalue weighted by Gasteiger charge is -2.09. The molecule has 4 aromatic carbocycles. The zero-order valence-corrected chi connectivity index (χ0v) is 17.7. The van der Waals surface area contributed by atoms with Gasteiger partial charge in [0, 0.05) is 18.4 Å². The molecule has 6 heteroatoms. The summed E-state index contributed by atoms with van der Waals surface area (Å²) in [6, 6.07) is 25.4. The van der Waals surface area contributed by atoms with E-state index in [1.807, 2.05) is 42.5 Å². The van der Waals surface area contributed by atoms with E-state index in [2.05, 4.69) is 34.0 Å². The van der Waals surface area contributed by atoms with Crippen molar-refractivity contribution in [1.29, 1.82) is 0 Å². The number of anilines is 1. The highest BCUT2D eigenvalue weighted by molar-refractivity contribution is 6.13. The van der Waals surface area contributed by atoms with Crippen LogP contribution in [0.1, 0.15) is 18.4 Å². The predicted octanol–water partition coefficient (Wildman–Crippen LogP) is 4.87. The van der Waals surface area contributed by atoms with Crippen LogP contribution in [0.15, 0.2) is 84.0 Å². The zero-order valence-electron chi connectivity index (χ0n) is 17.7. The smallest absolute Gasteiger partial charge is 0.240 e. The van der Waals surface area contributed by atoms with Crippen LogP contribution in [-0.2, 0) is 9.59 Å². The van der Waals surface area contributed by atoms with Crippen molar-refractivity contribution in [2.24, 2.45) is 5.10 Å². The van der Waals surface area contributed by atoms with Gasteiger partial charge in [-0.25, -0.2) is 5.43 Å². The van der Waals surface area contributed by atoms with Crippen molar-refractivity contribution < 1.29 is 14.3 Å². The van der Waals surface area contributed by atoms with Gasteiger partial charge < -0.3 is 10.1 Å². The minimum atomic E-state index is -0.332. The first-order valence-corrected chi connectivity index (χ1v) is 10.3. The van der Waals surface area contributed by atoms with Crippen LogP contribution < -0.4 is 15.5 Å². The summed E-state index contributed by atoms with van der Waals surface area (Å²) in [5, 5.41) is 11.2. The number of ether oxygens (including phenoxy) is 1. The molecule has 0 aliphatic heterocycles. The zero-order chi connectivity index (χ0) is 22.3. The molecule has 0 radical (unpaired) electrons. The first kappa shape index (κ1) is 21.1. The van der Waals surface area contributed by atoms with E-state index in [4.69, 9.17) is 4.74 Å². The average molecular weight is 425 g/mol. The highest BCUT2D eigenvalue weighted by Crippen LogP contribution is 2.27. The van der Waals surface area contributed by atoms with Crippen LogP contribution in [0, 0.1) is 0 Å². The quantitative estimate of drug-likeness (QED) is 0.252. The molecule has 2 amide bonds. The first-order chi connectivity index (χ1) is 15.7. The van der Waals surface area contributed by atoms with Crippen LogP contribution in [0.25, 0.3) is 21.5 Å². The summed E-state index contributed by atoms with van der Waals surface area (Å²) in [5.74, 6) is -0.0353. The molecule has 6 nitrogen and oxygen atoms in total. The number of rotatable bonds is 7. The maximum absolute atomic E-state index is 12.2. The number of methoxy groups -OCH3 is 1. The van der Waals surface area contributed by atoms with Crippen molar-refractivity contribution in [3.63, 3.8) is 0 Å². The number of hydrogen-bond donors (Lipinski definition) is 2. The number of carbonyl (C=O) groups is 2. The van der Waals surface area contributed by atoms with E-state index < -0.39 is 0 Å². The fourth-order valence-electron chi connectivity index (χ4n) is 3.60. The minimum Gasteiger partial charge on any atom is -0.495 e. The summed E-state index contributed by atoms with van der Waals surface area (Å²) in [7, 11) is 1.54. The molecule has 0 fully saturated rings. The molecular weight excluding hydrogens is 402 g/mol. The number of carbonyl (C=O) groups excluding carboxylic acids is 2. The molecule has 0 spiro atoms. The third-order valence-electron chi connectivity index (χ3n) is 5.16. The Hall–Kier alpha value is -4.19. The topological polar surface area (TPSA) is 79.8 Å². The highest BCUT2D eigenvalue weighted by atomic mass is 16.5. The molecule has 0 heterocycles. The molecule has 0 atom stereocenters. The number of nitrogens with zero attached hydrogens (tertiary/aromatic N) is 1. The SMILES string of the molecule is COc1ccccc1NC(=O)CCC(=O)NN=Cc1c2ccccc2cc2ccccc12. The van der Waals surface area contributed by atoms with Gasteiger partial charge in [-0.1, -0.05) is 60.7 Å². The second-order valence-electron chi connectivity index (χ2n) is 7.27. The predicted molar refractivity (Wildman–Crippen MR) is 128 cm³/mol. The van der Waals surface area contributed by atoms with Crippen LogP contribution in [0.2, 0.25) is 0 Å². The molecule has 32 heavy (non-hydrogen) atoms. The summed E-state index contributed by atoms with van der Waals surface area (Å²) in [4.78, 5) is 24.4. The van der Waals surface area contributed by atoms with E-state index in [0.717, 1.165) is 27.1 Å². The number of fused-ring (bicyclic) bond motifs is 2. The molecule has 0 saturated carbocycles. The molecule has 4 rings (SSSR count). The largest absolute Gasteiger partial charge is 0.495 e. The normalized spacial score (nSPS) is 11.0. The summed E-state index contributed by atoms with van der Waals surface area (Å²) in [6.45, 7) is 0. The summed E-state index contributed by atoms with van der Waals surface area (Å²) in [6.07, 6.45) is 1.72. The van der Waals surface area contributed by atoms with Gasteiger partial charge >= 0.3 is 0 Å². The van der Waals surface area contributed by atoms with E-state index in [9.17, 15) is 9.59 Å². The van der Waals surface area contributed by atoms with Gasteiger partial charge in [0.15, 0.2) is 0 Å². The Morgan fingerprint density at radius 1 is 0.844 bits per heavy atom. The number of hydrogen-bond acceptors (Lipinski definition) is 4. The lowest BCUT2D eigenvalue weighted by atomic mass is 9.97.